The van der Waals surface area contributed by atoms with Gasteiger partial charge in [-0.3, -0.25) is 4.79 Å². The molecule has 1 heteroatoms. The molecule has 2 fully saturated rings. The van der Waals surface area contributed by atoms with E-state index in [0.29, 0.717) is 23.5 Å². The van der Waals surface area contributed by atoms with E-state index >= 15 is 0 Å². The van der Waals surface area contributed by atoms with Crippen molar-refractivity contribution in [1.82, 2.24) is 0 Å². The highest BCUT2D eigenvalue weighted by molar-refractivity contribution is 5.84. The van der Waals surface area contributed by atoms with E-state index < -0.39 is 0 Å². The Hall–Kier alpha value is -0.590. The van der Waals surface area contributed by atoms with E-state index in [9.17, 15) is 4.79 Å². The van der Waals surface area contributed by atoms with Gasteiger partial charge in [0.05, 0.1) is 0 Å². The van der Waals surface area contributed by atoms with Crippen LogP contribution in [0.25, 0.3) is 0 Å². The summed E-state index contributed by atoms with van der Waals surface area (Å²) in [5, 5.41) is 0. The van der Waals surface area contributed by atoms with Crippen molar-refractivity contribution >= 4 is 5.78 Å². The van der Waals surface area contributed by atoms with Crippen molar-refractivity contribution in [2.24, 2.45) is 17.8 Å². The number of hydrogen-bond donors (Lipinski definition) is 0. The van der Waals surface area contributed by atoms with Gasteiger partial charge in [-0.2, -0.15) is 0 Å². The van der Waals surface area contributed by atoms with Gasteiger partial charge in [0.25, 0.3) is 0 Å². The molecule has 0 heterocycles. The highest BCUT2D eigenvalue weighted by Gasteiger charge is 2.43. The first-order valence-electron chi connectivity index (χ1n) is 4.40. The maximum absolute atomic E-state index is 11.3. The van der Waals surface area contributed by atoms with E-state index in [4.69, 9.17) is 0 Å². The predicted molar refractivity (Wildman–Crippen MR) is 44.1 cm³/mol. The summed E-state index contributed by atoms with van der Waals surface area (Å²) in [6, 6.07) is 0. The average molecular weight is 150 g/mol. The second-order valence-electron chi connectivity index (χ2n) is 3.93. The number of hydrogen-bond acceptors (Lipinski definition) is 1. The van der Waals surface area contributed by atoms with Crippen LogP contribution < -0.4 is 0 Å². The second-order valence-corrected chi connectivity index (χ2v) is 3.93. The summed E-state index contributed by atoms with van der Waals surface area (Å²) in [5.41, 5.74) is 1.30. The molecule has 3 atom stereocenters. The molecule has 1 nitrogen and oxygen atoms in total. The number of fused-ring (bicyclic) bond motifs is 1. The van der Waals surface area contributed by atoms with Crippen LogP contribution in [0.5, 0.6) is 0 Å². The Bertz CT molecular complexity index is 215. The topological polar surface area (TPSA) is 17.1 Å². The minimum absolute atomic E-state index is 0.359. The van der Waals surface area contributed by atoms with E-state index in [-0.39, 0.29) is 0 Å². The fourth-order valence-electron chi connectivity index (χ4n) is 2.57. The van der Waals surface area contributed by atoms with Gasteiger partial charge in [-0.1, -0.05) is 19.1 Å². The second kappa shape index (κ2) is 2.20. The SMILES string of the molecule is C=C1CC2C(=O)CCC2C1C. The molecule has 2 aliphatic carbocycles. The first kappa shape index (κ1) is 7.08. The maximum Gasteiger partial charge on any atom is 0.136 e. The summed E-state index contributed by atoms with van der Waals surface area (Å²) < 4.78 is 0. The highest BCUT2D eigenvalue weighted by atomic mass is 16.1. The van der Waals surface area contributed by atoms with Gasteiger partial charge in [-0.25, -0.2) is 0 Å². The molecule has 11 heavy (non-hydrogen) atoms. The van der Waals surface area contributed by atoms with E-state index in [0.717, 1.165) is 19.3 Å². The molecule has 2 aliphatic rings. The quantitative estimate of drug-likeness (QED) is 0.484. The normalized spacial score (nSPS) is 43.2. The Kier molecular flexibility index (Phi) is 1.41. The van der Waals surface area contributed by atoms with Crippen LogP contribution in [-0.4, -0.2) is 5.78 Å². The molecule has 0 aromatic heterocycles. The van der Waals surface area contributed by atoms with Gasteiger partial charge in [0.2, 0.25) is 0 Å². The monoisotopic (exact) mass is 150 g/mol. The van der Waals surface area contributed by atoms with E-state index in [1.165, 1.54) is 5.57 Å². The maximum atomic E-state index is 11.3. The molecule has 0 amide bonds. The number of carbonyl (C=O) groups is 1. The summed E-state index contributed by atoms with van der Waals surface area (Å²) >= 11 is 0. The highest BCUT2D eigenvalue weighted by Crippen LogP contribution is 2.47. The number of rotatable bonds is 0. The van der Waals surface area contributed by atoms with Crippen molar-refractivity contribution in [1.29, 1.82) is 0 Å². The van der Waals surface area contributed by atoms with Crippen molar-refractivity contribution in [2.75, 3.05) is 0 Å². The zero-order valence-electron chi connectivity index (χ0n) is 6.97. The molecule has 2 rings (SSSR count). The Morgan fingerprint density at radius 1 is 1.55 bits per heavy atom. The molecule has 0 spiro atoms. The minimum Gasteiger partial charge on any atom is -0.299 e. The van der Waals surface area contributed by atoms with Gasteiger partial charge in [0.15, 0.2) is 0 Å². The van der Waals surface area contributed by atoms with Crippen LogP contribution in [0.1, 0.15) is 26.2 Å². The fraction of sp³-hybridized carbons (Fsp3) is 0.700. The van der Waals surface area contributed by atoms with E-state index in [1.807, 2.05) is 0 Å². The number of carbonyl (C=O) groups excluding carboxylic acids is 1. The molecule has 0 saturated heterocycles. The molecule has 0 aliphatic heterocycles. The molecular formula is C10H14O. The average Bonchev–Trinajstić information content (AvgIpc) is 2.43. The summed E-state index contributed by atoms with van der Waals surface area (Å²) in [4.78, 5) is 11.3. The van der Waals surface area contributed by atoms with Crippen LogP contribution in [0.4, 0.5) is 0 Å². The fourth-order valence-corrected chi connectivity index (χ4v) is 2.57. The zero-order valence-corrected chi connectivity index (χ0v) is 6.97. The first-order valence-corrected chi connectivity index (χ1v) is 4.40. The van der Waals surface area contributed by atoms with E-state index in [1.54, 1.807) is 0 Å². The summed E-state index contributed by atoms with van der Waals surface area (Å²) in [7, 11) is 0. The van der Waals surface area contributed by atoms with Crippen LogP contribution in [0, 0.1) is 17.8 Å². The minimum atomic E-state index is 0.359. The van der Waals surface area contributed by atoms with Crippen LogP contribution in [0.3, 0.4) is 0 Å². The van der Waals surface area contributed by atoms with Gasteiger partial charge in [0.1, 0.15) is 5.78 Å². The number of allylic oxidation sites excluding steroid dienone is 1. The van der Waals surface area contributed by atoms with E-state index in [2.05, 4.69) is 13.5 Å². The molecule has 0 aromatic carbocycles. The Morgan fingerprint density at radius 3 is 2.91 bits per heavy atom. The van der Waals surface area contributed by atoms with Crippen molar-refractivity contribution in [3.8, 4) is 0 Å². The zero-order chi connectivity index (χ0) is 8.01. The molecule has 0 N–H and O–H groups in total. The van der Waals surface area contributed by atoms with Gasteiger partial charge in [-0.05, 0) is 24.7 Å². The van der Waals surface area contributed by atoms with Gasteiger partial charge in [-0.15, -0.1) is 0 Å². The third kappa shape index (κ3) is 0.867. The van der Waals surface area contributed by atoms with Crippen molar-refractivity contribution in [3.05, 3.63) is 12.2 Å². The number of ketones is 1. The smallest absolute Gasteiger partial charge is 0.136 e. The number of Topliss-reactive ketones (excluding diaryl/α,β-unsaturated/α-hetero) is 1. The molecule has 3 unspecified atom stereocenters. The molecule has 0 radical (unpaired) electrons. The Balaban J connectivity index is 2.24. The lowest BCUT2D eigenvalue weighted by Gasteiger charge is -2.11. The van der Waals surface area contributed by atoms with Crippen LogP contribution in [-0.2, 0) is 4.79 Å². The first-order chi connectivity index (χ1) is 5.20. The third-order valence-electron chi connectivity index (χ3n) is 3.42. The van der Waals surface area contributed by atoms with Gasteiger partial charge in [0, 0.05) is 12.3 Å². The molecular weight excluding hydrogens is 136 g/mol. The molecule has 0 aromatic rings. The van der Waals surface area contributed by atoms with Gasteiger partial charge >= 0.3 is 0 Å². The largest absolute Gasteiger partial charge is 0.299 e. The van der Waals surface area contributed by atoms with Gasteiger partial charge < -0.3 is 0 Å². The van der Waals surface area contributed by atoms with Crippen LogP contribution >= 0.6 is 0 Å². The standard InChI is InChI=1S/C10H14O/c1-6-5-9-8(7(6)2)3-4-10(9)11/h7-9H,1,3-5H2,2H3. The van der Waals surface area contributed by atoms with Crippen molar-refractivity contribution < 1.29 is 4.79 Å². The third-order valence-corrected chi connectivity index (χ3v) is 3.42. The Morgan fingerprint density at radius 2 is 2.27 bits per heavy atom. The lowest BCUT2D eigenvalue weighted by atomic mass is 9.93. The van der Waals surface area contributed by atoms with Crippen molar-refractivity contribution in [3.63, 3.8) is 0 Å². The summed E-state index contributed by atoms with van der Waals surface area (Å²) in [6.45, 7) is 6.21. The lowest BCUT2D eigenvalue weighted by molar-refractivity contribution is -0.120. The lowest BCUT2D eigenvalue weighted by Crippen LogP contribution is -2.10. The van der Waals surface area contributed by atoms with Crippen LogP contribution in [0.2, 0.25) is 0 Å². The van der Waals surface area contributed by atoms with Crippen molar-refractivity contribution in [2.45, 2.75) is 26.2 Å². The molecule has 2 saturated carbocycles. The molecule has 60 valence electrons. The molecule has 0 bridgehead atoms. The summed E-state index contributed by atoms with van der Waals surface area (Å²) in [5.74, 6) is 2.10. The van der Waals surface area contributed by atoms with Crippen LogP contribution in [0.15, 0.2) is 12.2 Å². The Labute approximate surface area is 67.5 Å². The predicted octanol–water partition coefficient (Wildman–Crippen LogP) is 2.18. The summed E-state index contributed by atoms with van der Waals surface area (Å²) in [6.07, 6.45) is 2.92.